The SMILES string of the molecule is CN1C(=O)[C@@]2(C(=S)N[C@]3(C(=O)N(C)c4ccc(Cl)cc43)[C@H]2C(=O)OC(C)(C)C)c2ccccc21. The fourth-order valence-electron chi connectivity index (χ4n) is 5.61. The molecule has 0 aliphatic carbocycles. The van der Waals surface area contributed by atoms with E-state index in [4.69, 9.17) is 28.6 Å². The summed E-state index contributed by atoms with van der Waals surface area (Å²) in [4.78, 5) is 45.1. The topological polar surface area (TPSA) is 79.0 Å². The van der Waals surface area contributed by atoms with Gasteiger partial charge in [-0.15, -0.1) is 0 Å². The molecule has 3 aliphatic rings. The van der Waals surface area contributed by atoms with Crippen LogP contribution in [0.4, 0.5) is 11.4 Å². The highest BCUT2D eigenvalue weighted by Gasteiger charge is 2.76. The Morgan fingerprint density at radius 1 is 1.03 bits per heavy atom. The van der Waals surface area contributed by atoms with E-state index in [2.05, 4.69) is 5.32 Å². The van der Waals surface area contributed by atoms with Crippen LogP contribution in [0.25, 0.3) is 0 Å². The molecule has 1 saturated heterocycles. The minimum atomic E-state index is -1.65. The first-order chi connectivity index (χ1) is 15.9. The van der Waals surface area contributed by atoms with Crippen LogP contribution < -0.4 is 15.1 Å². The number of hydrogen-bond donors (Lipinski definition) is 1. The molecule has 0 unspecified atom stereocenters. The lowest BCUT2D eigenvalue weighted by atomic mass is 9.65. The van der Waals surface area contributed by atoms with Crippen LogP contribution >= 0.6 is 23.8 Å². The summed E-state index contributed by atoms with van der Waals surface area (Å²) in [5.74, 6) is -2.77. The largest absolute Gasteiger partial charge is 0.460 e. The molecule has 7 nitrogen and oxygen atoms in total. The average Bonchev–Trinajstić information content (AvgIpc) is 3.25. The van der Waals surface area contributed by atoms with E-state index in [0.29, 0.717) is 27.5 Å². The minimum Gasteiger partial charge on any atom is -0.460 e. The lowest BCUT2D eigenvalue weighted by Gasteiger charge is -2.35. The quantitative estimate of drug-likeness (QED) is 0.481. The van der Waals surface area contributed by atoms with Gasteiger partial charge in [0.05, 0.1) is 4.99 Å². The number of amides is 2. The van der Waals surface area contributed by atoms with Gasteiger partial charge in [0, 0.05) is 36.1 Å². The predicted molar refractivity (Wildman–Crippen MR) is 133 cm³/mol. The van der Waals surface area contributed by atoms with Gasteiger partial charge in [-0.05, 0) is 50.6 Å². The molecule has 3 atom stereocenters. The van der Waals surface area contributed by atoms with E-state index in [-0.39, 0.29) is 10.9 Å². The number of carbonyl (C=O) groups is 3. The van der Waals surface area contributed by atoms with Gasteiger partial charge in [-0.2, -0.15) is 0 Å². The van der Waals surface area contributed by atoms with Gasteiger partial charge in [0.2, 0.25) is 5.91 Å². The van der Waals surface area contributed by atoms with Crippen molar-refractivity contribution in [2.75, 3.05) is 23.9 Å². The molecule has 3 heterocycles. The van der Waals surface area contributed by atoms with Crippen molar-refractivity contribution in [1.29, 1.82) is 0 Å². The highest BCUT2D eigenvalue weighted by Crippen LogP contribution is 2.60. The Labute approximate surface area is 208 Å². The normalized spacial score (nSPS) is 27.5. The van der Waals surface area contributed by atoms with E-state index in [9.17, 15) is 14.4 Å². The number of halogens is 1. The second-order valence-corrected chi connectivity index (χ2v) is 10.8. The summed E-state index contributed by atoms with van der Waals surface area (Å²) in [6, 6.07) is 12.2. The molecule has 9 heteroatoms. The van der Waals surface area contributed by atoms with Crippen molar-refractivity contribution in [3.8, 4) is 0 Å². The monoisotopic (exact) mass is 497 g/mol. The number of para-hydroxylation sites is 1. The molecule has 1 fully saturated rings. The van der Waals surface area contributed by atoms with Crippen LogP contribution in [0.5, 0.6) is 0 Å². The second-order valence-electron chi connectivity index (χ2n) is 9.94. The van der Waals surface area contributed by atoms with Gasteiger partial charge in [-0.3, -0.25) is 14.4 Å². The number of thiocarbonyl (C=S) groups is 1. The fourth-order valence-corrected chi connectivity index (χ4v) is 6.26. The van der Waals surface area contributed by atoms with E-state index < -0.39 is 34.3 Å². The maximum absolute atomic E-state index is 14.0. The number of hydrogen-bond acceptors (Lipinski definition) is 5. The van der Waals surface area contributed by atoms with Crippen molar-refractivity contribution in [2.24, 2.45) is 5.92 Å². The standard InChI is InChI=1S/C25H24ClN3O4S/c1-23(2,3)33-19(30)18-24(14-8-6-7-9-16(14)28(4)21(24)31)20(34)27-25(18)15-12-13(26)10-11-17(15)29(5)22(25)32/h6-12,18H,1-5H3,(H,27,34)/t18-,24-,25-/m0/s1. The van der Waals surface area contributed by atoms with E-state index in [1.54, 1.807) is 71.3 Å². The molecule has 2 spiro atoms. The number of nitrogens with one attached hydrogen (secondary N) is 1. The number of carbonyl (C=O) groups excluding carboxylic acids is 3. The van der Waals surface area contributed by atoms with E-state index in [1.807, 2.05) is 6.07 Å². The highest BCUT2D eigenvalue weighted by molar-refractivity contribution is 7.80. The van der Waals surface area contributed by atoms with E-state index >= 15 is 0 Å². The number of ether oxygens (including phenoxy) is 1. The number of rotatable bonds is 1. The molecule has 2 amide bonds. The molecule has 0 radical (unpaired) electrons. The summed E-state index contributed by atoms with van der Waals surface area (Å²) in [5.41, 5.74) is -1.84. The van der Waals surface area contributed by atoms with Crippen LogP contribution in [0.3, 0.4) is 0 Å². The van der Waals surface area contributed by atoms with E-state index in [1.165, 1.54) is 9.80 Å². The zero-order chi connectivity index (χ0) is 24.8. The van der Waals surface area contributed by atoms with Crippen molar-refractivity contribution in [1.82, 2.24) is 5.32 Å². The van der Waals surface area contributed by atoms with Crippen molar-refractivity contribution >= 4 is 58.0 Å². The number of anilines is 2. The molecule has 0 bridgehead atoms. The lowest BCUT2D eigenvalue weighted by Crippen LogP contribution is -2.57. The molecule has 3 aliphatic heterocycles. The second kappa shape index (κ2) is 7.02. The van der Waals surface area contributed by atoms with Gasteiger partial charge in [0.25, 0.3) is 5.91 Å². The third-order valence-electron chi connectivity index (χ3n) is 6.90. The highest BCUT2D eigenvalue weighted by atomic mass is 35.5. The van der Waals surface area contributed by atoms with Crippen LogP contribution in [0.2, 0.25) is 5.02 Å². The number of esters is 1. The average molecular weight is 498 g/mol. The van der Waals surface area contributed by atoms with E-state index in [0.717, 1.165) is 0 Å². The smallest absolute Gasteiger partial charge is 0.314 e. The molecule has 1 N–H and O–H groups in total. The van der Waals surface area contributed by atoms with Crippen molar-refractivity contribution in [3.05, 3.63) is 58.6 Å². The first-order valence-electron chi connectivity index (χ1n) is 10.9. The van der Waals surface area contributed by atoms with Gasteiger partial charge in [-0.25, -0.2) is 0 Å². The Morgan fingerprint density at radius 3 is 2.32 bits per heavy atom. The summed E-state index contributed by atoms with van der Waals surface area (Å²) in [6.07, 6.45) is 0. The maximum Gasteiger partial charge on any atom is 0.314 e. The lowest BCUT2D eigenvalue weighted by molar-refractivity contribution is -0.167. The zero-order valence-corrected chi connectivity index (χ0v) is 21.0. The van der Waals surface area contributed by atoms with Gasteiger partial charge in [0.1, 0.15) is 16.9 Å². The Hall–Kier alpha value is -2.97. The molecular weight excluding hydrogens is 474 g/mol. The molecule has 2 aromatic carbocycles. The molecule has 34 heavy (non-hydrogen) atoms. The first kappa shape index (κ1) is 22.8. The number of likely N-dealkylation sites (N-methyl/N-ethyl adjacent to an activating group) is 2. The van der Waals surface area contributed by atoms with Crippen molar-refractivity contribution in [3.63, 3.8) is 0 Å². The van der Waals surface area contributed by atoms with Crippen LogP contribution in [-0.2, 0) is 30.1 Å². The third-order valence-corrected chi connectivity index (χ3v) is 7.56. The summed E-state index contributed by atoms with van der Waals surface area (Å²) in [6.45, 7) is 5.23. The summed E-state index contributed by atoms with van der Waals surface area (Å²) >= 11 is 12.2. The van der Waals surface area contributed by atoms with Crippen LogP contribution in [0.15, 0.2) is 42.5 Å². The van der Waals surface area contributed by atoms with Crippen molar-refractivity contribution in [2.45, 2.75) is 37.3 Å². The molecule has 0 saturated carbocycles. The van der Waals surface area contributed by atoms with Gasteiger partial charge in [-0.1, -0.05) is 42.0 Å². The Bertz CT molecular complexity index is 1310. The van der Waals surface area contributed by atoms with Crippen LogP contribution in [0, 0.1) is 5.92 Å². The van der Waals surface area contributed by atoms with Gasteiger partial charge >= 0.3 is 5.97 Å². The number of nitrogens with zero attached hydrogens (tertiary/aromatic N) is 2. The molecule has 5 rings (SSSR count). The first-order valence-corrected chi connectivity index (χ1v) is 11.7. The Morgan fingerprint density at radius 2 is 1.65 bits per heavy atom. The van der Waals surface area contributed by atoms with Crippen molar-refractivity contribution < 1.29 is 19.1 Å². The summed E-state index contributed by atoms with van der Waals surface area (Å²) in [7, 11) is 3.27. The number of fused-ring (bicyclic) bond motifs is 4. The fraction of sp³-hybridized carbons (Fsp3) is 0.360. The Kier molecular flexibility index (Phi) is 4.71. The zero-order valence-electron chi connectivity index (χ0n) is 19.4. The molecule has 2 aromatic rings. The van der Waals surface area contributed by atoms with Gasteiger partial charge < -0.3 is 19.9 Å². The summed E-state index contributed by atoms with van der Waals surface area (Å²) < 4.78 is 5.86. The summed E-state index contributed by atoms with van der Waals surface area (Å²) in [5, 5.41) is 3.56. The Balaban J connectivity index is 1.86. The van der Waals surface area contributed by atoms with Crippen LogP contribution in [0.1, 0.15) is 31.9 Å². The molecular formula is C25H24ClN3O4S. The third kappa shape index (κ3) is 2.64. The maximum atomic E-state index is 14.0. The molecule has 176 valence electrons. The van der Waals surface area contributed by atoms with Crippen LogP contribution in [-0.4, -0.2) is 42.5 Å². The predicted octanol–water partition coefficient (Wildman–Crippen LogP) is 3.31. The molecule has 0 aromatic heterocycles. The minimum absolute atomic E-state index is 0.111. The van der Waals surface area contributed by atoms with Gasteiger partial charge in [0.15, 0.2) is 5.54 Å². The number of benzene rings is 2.